The molecule has 3 nitrogen and oxygen atoms in total. The summed E-state index contributed by atoms with van der Waals surface area (Å²) in [5.74, 6) is 1.01. The molecule has 0 aliphatic carbocycles. The number of aliphatic hydroxyl groups is 1. The molecule has 0 saturated heterocycles. The van der Waals surface area contributed by atoms with Gasteiger partial charge in [0.05, 0.1) is 22.5 Å². The molecular weight excluding hydrogens is 292 g/mol. The summed E-state index contributed by atoms with van der Waals surface area (Å²) in [6, 6.07) is 6.38. The number of imidazole rings is 1. The Hall–Kier alpha value is -0.870. The van der Waals surface area contributed by atoms with Crippen LogP contribution in [0, 0.1) is 0 Å². The van der Waals surface area contributed by atoms with Gasteiger partial charge in [0.2, 0.25) is 0 Å². The van der Waals surface area contributed by atoms with Gasteiger partial charge in [0.1, 0.15) is 5.82 Å². The van der Waals surface area contributed by atoms with Gasteiger partial charge in [-0.05, 0) is 30.5 Å². The number of hydrogen-bond acceptors (Lipinski definition) is 2. The fourth-order valence-electron chi connectivity index (χ4n) is 2.17. The number of benzene rings is 1. The van der Waals surface area contributed by atoms with Crippen LogP contribution in [0.4, 0.5) is 0 Å². The third kappa shape index (κ3) is 2.45. The number of alkyl halides is 1. The Morgan fingerprint density at radius 3 is 2.78 bits per heavy atom. The number of fused-ring (bicyclic) bond motifs is 1. The van der Waals surface area contributed by atoms with Gasteiger partial charge in [-0.25, -0.2) is 4.98 Å². The fourth-order valence-corrected chi connectivity index (χ4v) is 2.52. The number of rotatable bonds is 5. The molecule has 98 valence electrons. The van der Waals surface area contributed by atoms with Crippen molar-refractivity contribution < 1.29 is 5.11 Å². The van der Waals surface area contributed by atoms with E-state index < -0.39 is 0 Å². The lowest BCUT2D eigenvalue weighted by Crippen LogP contribution is -2.08. The summed E-state index contributed by atoms with van der Waals surface area (Å²) in [4.78, 5) is 4.95. The number of aliphatic hydroxyl groups excluding tert-OH is 1. The normalized spacial score (nSPS) is 13.1. The Balaban J connectivity index is 2.58. The molecule has 1 atom stereocenters. The number of nitrogens with zero attached hydrogens (tertiary/aromatic N) is 2. The first-order valence-electron chi connectivity index (χ1n) is 6.45. The molecule has 0 fully saturated rings. The zero-order valence-electron chi connectivity index (χ0n) is 10.9. The molecule has 0 radical (unpaired) electrons. The van der Waals surface area contributed by atoms with Crippen molar-refractivity contribution in [3.05, 3.63) is 29.6 Å². The van der Waals surface area contributed by atoms with E-state index in [1.54, 1.807) is 0 Å². The quantitative estimate of drug-likeness (QED) is 0.859. The van der Waals surface area contributed by atoms with Crippen LogP contribution in [0.15, 0.2) is 18.2 Å². The van der Waals surface area contributed by atoms with Crippen LogP contribution in [-0.4, -0.2) is 21.3 Å². The molecule has 1 unspecified atom stereocenters. The summed E-state index contributed by atoms with van der Waals surface area (Å²) < 4.78 is 2.11. The topological polar surface area (TPSA) is 38.0 Å². The summed E-state index contributed by atoms with van der Waals surface area (Å²) >= 11 is 3.65. The zero-order valence-corrected chi connectivity index (χ0v) is 12.4. The minimum Gasteiger partial charge on any atom is -0.395 e. The second-order valence-electron chi connectivity index (χ2n) is 4.40. The summed E-state index contributed by atoms with van der Waals surface area (Å²) in [6.07, 6.45) is 2.00. The lowest BCUT2D eigenvalue weighted by Gasteiger charge is -2.10. The third-order valence-corrected chi connectivity index (χ3v) is 4.27. The van der Waals surface area contributed by atoms with Gasteiger partial charge in [-0.2, -0.15) is 0 Å². The van der Waals surface area contributed by atoms with E-state index in [0.29, 0.717) is 6.54 Å². The van der Waals surface area contributed by atoms with Crippen LogP contribution in [0.3, 0.4) is 0 Å². The van der Waals surface area contributed by atoms with Gasteiger partial charge < -0.3 is 9.67 Å². The number of halogens is 1. The van der Waals surface area contributed by atoms with E-state index in [4.69, 9.17) is 4.98 Å². The lowest BCUT2D eigenvalue weighted by atomic mass is 10.1. The van der Waals surface area contributed by atoms with Crippen molar-refractivity contribution in [2.45, 2.75) is 38.1 Å². The number of aryl methyl sites for hydroxylation is 1. The van der Waals surface area contributed by atoms with Gasteiger partial charge in [0, 0.05) is 6.54 Å². The van der Waals surface area contributed by atoms with Crippen LogP contribution in [-0.2, 0) is 13.0 Å². The minimum absolute atomic E-state index is 0.136. The maximum Gasteiger partial charge on any atom is 0.123 e. The molecule has 0 spiro atoms. The molecule has 0 amide bonds. The summed E-state index contributed by atoms with van der Waals surface area (Å²) in [7, 11) is 0. The largest absolute Gasteiger partial charge is 0.395 e. The highest BCUT2D eigenvalue weighted by atomic mass is 79.9. The smallest absolute Gasteiger partial charge is 0.123 e. The lowest BCUT2D eigenvalue weighted by molar-refractivity contribution is 0.276. The molecule has 0 aliphatic rings. The van der Waals surface area contributed by atoms with Crippen molar-refractivity contribution in [2.75, 3.05) is 6.61 Å². The maximum atomic E-state index is 9.21. The Morgan fingerprint density at radius 1 is 1.39 bits per heavy atom. The summed E-state index contributed by atoms with van der Waals surface area (Å²) in [5, 5.41) is 9.21. The highest BCUT2D eigenvalue weighted by molar-refractivity contribution is 9.09. The summed E-state index contributed by atoms with van der Waals surface area (Å²) in [6.45, 7) is 5.00. The zero-order chi connectivity index (χ0) is 13.1. The Labute approximate surface area is 116 Å². The first kappa shape index (κ1) is 13.6. The van der Waals surface area contributed by atoms with Crippen LogP contribution in [0.1, 0.15) is 36.5 Å². The van der Waals surface area contributed by atoms with E-state index in [0.717, 1.165) is 29.7 Å². The molecule has 0 saturated carbocycles. The van der Waals surface area contributed by atoms with E-state index in [-0.39, 0.29) is 11.4 Å². The second kappa shape index (κ2) is 5.85. The molecule has 18 heavy (non-hydrogen) atoms. The van der Waals surface area contributed by atoms with Crippen LogP contribution in [0.2, 0.25) is 0 Å². The van der Waals surface area contributed by atoms with Gasteiger partial charge in [0.25, 0.3) is 0 Å². The molecular formula is C14H19BrN2O. The molecule has 2 aromatic rings. The Morgan fingerprint density at radius 2 is 2.17 bits per heavy atom. The van der Waals surface area contributed by atoms with Crippen LogP contribution in [0.5, 0.6) is 0 Å². The molecule has 0 bridgehead atoms. The van der Waals surface area contributed by atoms with Gasteiger partial charge >= 0.3 is 0 Å². The van der Waals surface area contributed by atoms with Crippen LogP contribution < -0.4 is 0 Å². The molecule has 0 aliphatic heterocycles. The average molecular weight is 311 g/mol. The van der Waals surface area contributed by atoms with E-state index in [9.17, 15) is 5.11 Å². The molecule has 1 N–H and O–H groups in total. The van der Waals surface area contributed by atoms with Crippen molar-refractivity contribution in [3.63, 3.8) is 0 Å². The highest BCUT2D eigenvalue weighted by Crippen LogP contribution is 2.29. The van der Waals surface area contributed by atoms with E-state index in [1.807, 2.05) is 0 Å². The number of hydrogen-bond donors (Lipinski definition) is 1. The first-order chi connectivity index (χ1) is 8.71. The van der Waals surface area contributed by atoms with Gasteiger partial charge in [0.15, 0.2) is 0 Å². The standard InChI is InChI=1S/C14H19BrN2O/c1-3-10-5-6-13-12(9-10)16-14(11(15)4-2)17(13)7-8-18/h5-6,9,11,18H,3-4,7-8H2,1-2H3. The maximum absolute atomic E-state index is 9.21. The fraction of sp³-hybridized carbons (Fsp3) is 0.500. The van der Waals surface area contributed by atoms with Gasteiger partial charge in [-0.15, -0.1) is 0 Å². The van der Waals surface area contributed by atoms with Crippen molar-refractivity contribution >= 4 is 27.0 Å². The molecule has 1 aromatic heterocycles. The summed E-state index contributed by atoms with van der Waals surface area (Å²) in [5.41, 5.74) is 3.43. The minimum atomic E-state index is 0.136. The number of aromatic nitrogens is 2. The van der Waals surface area contributed by atoms with E-state index in [2.05, 4.69) is 52.5 Å². The SMILES string of the molecule is CCc1ccc2c(c1)nc(C(Br)CC)n2CCO. The van der Waals surface area contributed by atoms with Crippen molar-refractivity contribution in [1.82, 2.24) is 9.55 Å². The first-order valence-corrected chi connectivity index (χ1v) is 7.36. The monoisotopic (exact) mass is 310 g/mol. The second-order valence-corrected chi connectivity index (χ2v) is 5.50. The van der Waals surface area contributed by atoms with Crippen LogP contribution in [0.25, 0.3) is 11.0 Å². The molecule has 2 rings (SSSR count). The molecule has 4 heteroatoms. The third-order valence-electron chi connectivity index (χ3n) is 3.21. The predicted octanol–water partition coefficient (Wildman–Crippen LogP) is 3.44. The van der Waals surface area contributed by atoms with Gasteiger partial charge in [-0.1, -0.05) is 35.8 Å². The highest BCUT2D eigenvalue weighted by Gasteiger charge is 2.16. The van der Waals surface area contributed by atoms with Crippen molar-refractivity contribution in [2.24, 2.45) is 0 Å². The predicted molar refractivity (Wildman–Crippen MR) is 78.2 cm³/mol. The average Bonchev–Trinajstić information content (AvgIpc) is 2.76. The Bertz CT molecular complexity index is 536. The van der Waals surface area contributed by atoms with Crippen LogP contribution >= 0.6 is 15.9 Å². The van der Waals surface area contributed by atoms with E-state index >= 15 is 0 Å². The molecule has 1 aromatic carbocycles. The van der Waals surface area contributed by atoms with E-state index in [1.165, 1.54) is 5.56 Å². The van der Waals surface area contributed by atoms with Crippen molar-refractivity contribution in [1.29, 1.82) is 0 Å². The Kier molecular flexibility index (Phi) is 4.40. The van der Waals surface area contributed by atoms with Crippen molar-refractivity contribution in [3.8, 4) is 0 Å². The van der Waals surface area contributed by atoms with Gasteiger partial charge in [-0.3, -0.25) is 0 Å². The molecule has 1 heterocycles.